The Morgan fingerprint density at radius 2 is 1.60 bits per heavy atom. The normalized spacial score (nSPS) is 25.1. The molecule has 2 aliphatic carbocycles. The molecule has 0 aromatic heterocycles. The maximum Gasteiger partial charge on any atom is 0.471 e. The lowest BCUT2D eigenvalue weighted by molar-refractivity contribution is -0.384. The lowest BCUT2D eigenvalue weighted by atomic mass is 9.72. The minimum atomic E-state index is -5.32. The van der Waals surface area contributed by atoms with Crippen molar-refractivity contribution in [3.05, 3.63) is 97.6 Å². The van der Waals surface area contributed by atoms with Gasteiger partial charge in [-0.05, 0) is 26.0 Å². The first-order valence-corrected chi connectivity index (χ1v) is 16.3. The quantitative estimate of drug-likeness (QED) is 0.0866. The zero-order valence-corrected chi connectivity index (χ0v) is 27.9. The van der Waals surface area contributed by atoms with Crippen LogP contribution in [0, 0.1) is 16.0 Å². The van der Waals surface area contributed by atoms with E-state index < -0.39 is 125 Å². The number of carbonyl (C=O) groups is 5. The van der Waals surface area contributed by atoms with Crippen LogP contribution in [0.25, 0.3) is 0 Å². The number of hydrogen-bond donors (Lipinski definition) is 4. The van der Waals surface area contributed by atoms with E-state index in [0.29, 0.717) is 0 Å². The molecule has 1 heterocycles. The van der Waals surface area contributed by atoms with Gasteiger partial charge in [0.25, 0.3) is 5.69 Å². The Bertz CT molecular complexity index is 2080. The highest BCUT2D eigenvalue weighted by Gasteiger charge is 2.50. The number of ketones is 4. The summed E-state index contributed by atoms with van der Waals surface area (Å²) in [4.78, 5) is 75.6. The number of carbonyl (C=O) groups excluding carboxylic acids is 5. The number of halogens is 3. The molecule has 1 aliphatic heterocycles. The highest BCUT2D eigenvalue weighted by atomic mass is 19.4. The van der Waals surface area contributed by atoms with Gasteiger partial charge < -0.3 is 30.1 Å². The smallest absolute Gasteiger partial charge is 0.471 e. The van der Waals surface area contributed by atoms with Crippen molar-refractivity contribution >= 4 is 34.7 Å². The van der Waals surface area contributed by atoms with Gasteiger partial charge in [-0.2, -0.15) is 13.2 Å². The van der Waals surface area contributed by atoms with Gasteiger partial charge in [0.1, 0.15) is 17.1 Å². The van der Waals surface area contributed by atoms with Gasteiger partial charge in [-0.15, -0.1) is 0 Å². The van der Waals surface area contributed by atoms with Crippen molar-refractivity contribution in [2.75, 3.05) is 0 Å². The number of aliphatic hydroxyl groups is 1. The Balaban J connectivity index is 1.35. The third kappa shape index (κ3) is 6.66. The minimum absolute atomic E-state index is 0.0127. The number of nitrogens with zero attached hydrogens (tertiary/aromatic N) is 1. The number of nitro groups is 1. The third-order valence-corrected chi connectivity index (χ3v) is 10.1. The largest absolute Gasteiger partial charge is 0.507 e. The number of phenolic OH excluding ortho intramolecular Hbond substituents is 2. The monoisotopic (exact) mass is 740 g/mol. The van der Waals surface area contributed by atoms with Crippen LogP contribution in [0.4, 0.5) is 18.9 Å². The average Bonchev–Trinajstić information content (AvgIpc) is 3.09. The van der Waals surface area contributed by atoms with E-state index in [1.807, 2.05) is 5.32 Å². The van der Waals surface area contributed by atoms with Crippen molar-refractivity contribution in [3.8, 4) is 11.5 Å². The molecule has 0 spiro atoms. The zero-order chi connectivity index (χ0) is 38.7. The van der Waals surface area contributed by atoms with Crippen LogP contribution in [-0.4, -0.2) is 79.5 Å². The summed E-state index contributed by atoms with van der Waals surface area (Å²) in [6, 6.07) is 8.78. The van der Waals surface area contributed by atoms with Crippen molar-refractivity contribution in [3.63, 3.8) is 0 Å². The SMILES string of the molecule is CC(=O)[C@]1(O)Cc2c(O)c3c(c(O)c2[C@@H](OC2CC(NC(=O)C(F)(F)F)C(CC(=O)c4ccc([N+](=O)[O-])cc4)C(C)O2)C1)C(=O)c1ccccc1C3=O. The van der Waals surface area contributed by atoms with Crippen LogP contribution in [0.15, 0.2) is 48.5 Å². The van der Waals surface area contributed by atoms with E-state index in [1.165, 1.54) is 43.3 Å². The third-order valence-electron chi connectivity index (χ3n) is 10.1. The molecule has 1 saturated heterocycles. The first kappa shape index (κ1) is 37.2. The summed E-state index contributed by atoms with van der Waals surface area (Å²) in [6.45, 7) is 2.45. The Hall–Kier alpha value is -5.52. The summed E-state index contributed by atoms with van der Waals surface area (Å²) >= 11 is 0. The van der Waals surface area contributed by atoms with Crippen LogP contribution >= 0.6 is 0 Å². The molecule has 4 N–H and O–H groups in total. The molecule has 3 aliphatic rings. The molecule has 0 saturated carbocycles. The summed E-state index contributed by atoms with van der Waals surface area (Å²) < 4.78 is 52.5. The average molecular weight is 741 g/mol. The maximum absolute atomic E-state index is 13.6. The molecule has 278 valence electrons. The molecule has 14 nitrogen and oxygen atoms in total. The van der Waals surface area contributed by atoms with Gasteiger partial charge in [-0.25, -0.2) is 0 Å². The van der Waals surface area contributed by atoms with Crippen LogP contribution in [0.1, 0.15) is 92.5 Å². The number of alkyl halides is 3. The number of aromatic hydroxyl groups is 2. The summed E-state index contributed by atoms with van der Waals surface area (Å²) in [5, 5.41) is 47.4. The van der Waals surface area contributed by atoms with E-state index in [-0.39, 0.29) is 33.5 Å². The fraction of sp³-hybridized carbons (Fsp3) is 0.361. The van der Waals surface area contributed by atoms with Gasteiger partial charge in [-0.1, -0.05) is 24.3 Å². The van der Waals surface area contributed by atoms with Gasteiger partial charge in [0.2, 0.25) is 0 Å². The summed E-state index contributed by atoms with van der Waals surface area (Å²) in [6.07, 6.45) is -11.7. The highest BCUT2D eigenvalue weighted by Crippen LogP contribution is 2.52. The highest BCUT2D eigenvalue weighted by molar-refractivity contribution is 6.30. The standard InChI is InChI=1S/C36H31F3N2O12/c1-15-21(11-24(43)17-7-9-18(10-8-17)41(50)51)23(40-34(48)36(37,38)39)12-26(52-15)53-25-14-35(49,16(2)42)13-22-27(25)33(47)29-28(32(22)46)30(44)19-5-3-4-6-20(19)31(29)45/h3-10,15,21,23,25-26,46-47,49H,11-14H2,1-2H3,(H,40,48)/t15?,21?,23?,25-,26?,35-/m0/s1. The van der Waals surface area contributed by atoms with Crippen molar-refractivity contribution in [2.45, 2.75) is 75.8 Å². The number of rotatable bonds is 8. The molecule has 6 rings (SSSR count). The molecule has 4 unspecified atom stereocenters. The van der Waals surface area contributed by atoms with Gasteiger partial charge in [0, 0.05) is 77.6 Å². The number of nitrogens with one attached hydrogen (secondary N) is 1. The maximum atomic E-state index is 13.6. The molecular formula is C36H31F3N2O12. The second kappa shape index (κ2) is 13.5. The Morgan fingerprint density at radius 1 is 1.02 bits per heavy atom. The fourth-order valence-corrected chi connectivity index (χ4v) is 7.27. The number of fused-ring (bicyclic) bond motifs is 3. The molecular weight excluding hydrogens is 709 g/mol. The van der Waals surface area contributed by atoms with Crippen molar-refractivity contribution < 1.29 is 66.9 Å². The van der Waals surface area contributed by atoms with Crippen molar-refractivity contribution in [1.82, 2.24) is 5.32 Å². The van der Waals surface area contributed by atoms with Crippen LogP contribution in [0.2, 0.25) is 0 Å². The number of Topliss-reactive ketones (excluding diaryl/α,β-unsaturated/α-hetero) is 2. The van der Waals surface area contributed by atoms with Crippen LogP contribution in [0.5, 0.6) is 11.5 Å². The van der Waals surface area contributed by atoms with E-state index in [4.69, 9.17) is 9.47 Å². The molecule has 0 radical (unpaired) electrons. The Labute approximate surface area is 297 Å². The topological polar surface area (TPSA) is 220 Å². The lowest BCUT2D eigenvalue weighted by Crippen LogP contribution is -2.55. The summed E-state index contributed by atoms with van der Waals surface area (Å²) in [5.41, 5.74) is -4.30. The fourth-order valence-electron chi connectivity index (χ4n) is 7.27. The zero-order valence-electron chi connectivity index (χ0n) is 27.9. The van der Waals surface area contributed by atoms with Gasteiger partial charge in [-0.3, -0.25) is 34.1 Å². The van der Waals surface area contributed by atoms with Gasteiger partial charge in [0.05, 0.1) is 28.3 Å². The van der Waals surface area contributed by atoms with Crippen LogP contribution < -0.4 is 5.32 Å². The first-order chi connectivity index (χ1) is 24.8. The second-order valence-electron chi connectivity index (χ2n) is 13.3. The molecule has 3 aromatic rings. The van der Waals surface area contributed by atoms with E-state index in [0.717, 1.165) is 19.1 Å². The van der Waals surface area contributed by atoms with Gasteiger partial charge in [0.15, 0.2) is 29.4 Å². The molecule has 6 atom stereocenters. The number of benzene rings is 3. The van der Waals surface area contributed by atoms with Crippen molar-refractivity contribution in [2.24, 2.45) is 5.92 Å². The predicted octanol–water partition coefficient (Wildman–Crippen LogP) is 4.18. The van der Waals surface area contributed by atoms with E-state index in [9.17, 15) is 62.6 Å². The summed E-state index contributed by atoms with van der Waals surface area (Å²) in [7, 11) is 0. The molecule has 3 aromatic carbocycles. The second-order valence-corrected chi connectivity index (χ2v) is 13.3. The van der Waals surface area contributed by atoms with Gasteiger partial charge >= 0.3 is 12.1 Å². The molecule has 53 heavy (non-hydrogen) atoms. The number of phenols is 2. The van der Waals surface area contributed by atoms with E-state index in [1.54, 1.807) is 0 Å². The number of nitro benzene ring substituents is 1. The molecule has 1 amide bonds. The predicted molar refractivity (Wildman–Crippen MR) is 173 cm³/mol. The van der Waals surface area contributed by atoms with E-state index in [2.05, 4.69) is 0 Å². The number of non-ortho nitro benzene ring substituents is 1. The molecule has 17 heteroatoms. The first-order valence-electron chi connectivity index (χ1n) is 16.3. The van der Waals surface area contributed by atoms with E-state index >= 15 is 0 Å². The van der Waals surface area contributed by atoms with Crippen molar-refractivity contribution in [1.29, 1.82) is 0 Å². The Kier molecular flexibility index (Phi) is 9.47. The summed E-state index contributed by atoms with van der Waals surface area (Å²) in [5.74, 6) is -8.01. The number of hydrogen-bond acceptors (Lipinski definition) is 12. The van der Waals surface area contributed by atoms with Crippen LogP contribution in [0.3, 0.4) is 0 Å². The number of ether oxygens (including phenoxy) is 2. The lowest BCUT2D eigenvalue weighted by Gasteiger charge is -2.44. The Morgan fingerprint density at radius 3 is 2.15 bits per heavy atom. The minimum Gasteiger partial charge on any atom is -0.507 e. The number of amides is 1. The molecule has 1 fully saturated rings. The molecule has 0 bridgehead atoms. The van der Waals surface area contributed by atoms with Crippen LogP contribution in [-0.2, 0) is 25.5 Å².